The third kappa shape index (κ3) is 4.84. The summed E-state index contributed by atoms with van der Waals surface area (Å²) in [5.41, 5.74) is 8.36. The number of halogens is 4. The molecule has 1 aromatic heterocycles. The Labute approximate surface area is 170 Å². The molecule has 0 spiro atoms. The van der Waals surface area contributed by atoms with E-state index in [-0.39, 0.29) is 30.9 Å². The van der Waals surface area contributed by atoms with Gasteiger partial charge in [0.25, 0.3) is 0 Å². The number of hydrogen-bond acceptors (Lipinski definition) is 4. The van der Waals surface area contributed by atoms with Crippen molar-refractivity contribution in [3.05, 3.63) is 49.0 Å². The van der Waals surface area contributed by atoms with Crippen molar-refractivity contribution in [2.45, 2.75) is 6.04 Å². The van der Waals surface area contributed by atoms with Crippen LogP contribution in [-0.2, 0) is 0 Å². The minimum absolute atomic E-state index is 0. The molecule has 1 aromatic carbocycles. The zero-order chi connectivity index (χ0) is 14.8. The first-order valence-corrected chi connectivity index (χ1v) is 9.36. The average Bonchev–Trinajstić information content (AvgIpc) is 2.99. The molecule has 0 unspecified atom stereocenters. The normalized spacial score (nSPS) is 16.3. The molecule has 1 saturated heterocycles. The fourth-order valence-corrected chi connectivity index (χ4v) is 4.88. The second-order valence-corrected chi connectivity index (χ2v) is 7.84. The topological polar surface area (TPSA) is 41.3 Å². The summed E-state index contributed by atoms with van der Waals surface area (Å²) in [7, 11) is 0. The molecule has 3 rings (SSSR count). The van der Waals surface area contributed by atoms with E-state index >= 15 is 0 Å². The van der Waals surface area contributed by atoms with Crippen LogP contribution in [0, 0.1) is 0 Å². The highest BCUT2D eigenvalue weighted by molar-refractivity contribution is 9.11. The van der Waals surface area contributed by atoms with E-state index in [1.54, 1.807) is 11.3 Å². The third-order valence-electron chi connectivity index (χ3n) is 3.75. The first-order chi connectivity index (χ1) is 10.2. The van der Waals surface area contributed by atoms with Gasteiger partial charge in [-0.2, -0.15) is 0 Å². The summed E-state index contributed by atoms with van der Waals surface area (Å²) in [6.45, 7) is 4.12. The number of piperazine rings is 1. The van der Waals surface area contributed by atoms with E-state index in [0.717, 1.165) is 40.8 Å². The molecule has 0 amide bonds. The molecule has 0 radical (unpaired) electrons. The summed E-state index contributed by atoms with van der Waals surface area (Å²) in [5, 5.41) is 5.55. The zero-order valence-corrected chi connectivity index (χ0v) is 17.9. The van der Waals surface area contributed by atoms with E-state index < -0.39 is 0 Å². The molecular weight excluding hydrogens is 485 g/mol. The standard InChI is InChI=1S/C15H17Br2N3S.2ClH/c16-10-8-11(14(18)12(17)9-10)15(13-2-1-7-21-13)20-5-3-19-4-6-20;;/h1-2,7-9,15,19H,3-6,18H2;2*1H/t15-;;/m1../s1. The molecule has 1 fully saturated rings. The number of nitrogens with two attached hydrogens (primary N) is 1. The van der Waals surface area contributed by atoms with Gasteiger partial charge in [0.1, 0.15) is 0 Å². The van der Waals surface area contributed by atoms with Crippen LogP contribution >= 0.6 is 68.0 Å². The fraction of sp³-hybridized carbons (Fsp3) is 0.333. The molecule has 2 aromatic rings. The maximum Gasteiger partial charge on any atom is 0.0717 e. The van der Waals surface area contributed by atoms with Crippen LogP contribution in [0.2, 0.25) is 0 Å². The van der Waals surface area contributed by atoms with Crippen LogP contribution in [0.1, 0.15) is 16.5 Å². The number of nitrogens with one attached hydrogen (secondary N) is 1. The number of thiophene rings is 1. The van der Waals surface area contributed by atoms with Crippen LogP contribution < -0.4 is 11.1 Å². The second-order valence-electron chi connectivity index (χ2n) is 5.09. The molecular formula is C15H19Br2Cl2N3S. The Hall–Kier alpha value is 0.180. The van der Waals surface area contributed by atoms with Gasteiger partial charge in [0, 0.05) is 40.0 Å². The Bertz CT molecular complexity index is 619. The van der Waals surface area contributed by atoms with Gasteiger partial charge in [0.15, 0.2) is 0 Å². The molecule has 3 N–H and O–H groups in total. The summed E-state index contributed by atoms with van der Waals surface area (Å²) >= 11 is 8.95. The van der Waals surface area contributed by atoms with Gasteiger partial charge in [-0.1, -0.05) is 22.0 Å². The first-order valence-electron chi connectivity index (χ1n) is 6.89. The Morgan fingerprint density at radius 2 is 1.87 bits per heavy atom. The largest absolute Gasteiger partial charge is 0.398 e. The van der Waals surface area contributed by atoms with Crippen molar-refractivity contribution in [3.63, 3.8) is 0 Å². The second kappa shape index (κ2) is 9.61. The van der Waals surface area contributed by atoms with E-state index in [0.29, 0.717) is 0 Å². The molecule has 3 nitrogen and oxygen atoms in total. The van der Waals surface area contributed by atoms with E-state index in [4.69, 9.17) is 5.73 Å². The average molecular weight is 504 g/mol. The van der Waals surface area contributed by atoms with E-state index in [2.05, 4.69) is 65.7 Å². The van der Waals surface area contributed by atoms with Gasteiger partial charge < -0.3 is 11.1 Å². The summed E-state index contributed by atoms with van der Waals surface area (Å²) in [4.78, 5) is 3.85. The fourth-order valence-electron chi connectivity index (χ4n) is 2.75. The minimum Gasteiger partial charge on any atom is -0.398 e. The molecule has 2 heterocycles. The molecule has 1 aliphatic rings. The number of nitrogen functional groups attached to an aromatic ring is 1. The van der Waals surface area contributed by atoms with Crippen LogP contribution in [0.15, 0.2) is 38.6 Å². The molecule has 128 valence electrons. The zero-order valence-electron chi connectivity index (χ0n) is 12.3. The lowest BCUT2D eigenvalue weighted by atomic mass is 10.0. The lowest BCUT2D eigenvalue weighted by molar-refractivity contribution is 0.201. The van der Waals surface area contributed by atoms with Crippen molar-refractivity contribution in [1.82, 2.24) is 10.2 Å². The van der Waals surface area contributed by atoms with Crippen molar-refractivity contribution < 1.29 is 0 Å². The molecule has 0 aliphatic carbocycles. The Morgan fingerprint density at radius 1 is 1.17 bits per heavy atom. The third-order valence-corrected chi connectivity index (χ3v) is 5.79. The van der Waals surface area contributed by atoms with Crippen LogP contribution in [-0.4, -0.2) is 31.1 Å². The maximum absolute atomic E-state index is 6.36. The lowest BCUT2D eigenvalue weighted by Gasteiger charge is -2.35. The number of anilines is 1. The summed E-state index contributed by atoms with van der Waals surface area (Å²) < 4.78 is 2.00. The molecule has 0 saturated carbocycles. The van der Waals surface area contributed by atoms with Gasteiger partial charge in [-0.15, -0.1) is 36.2 Å². The quantitative estimate of drug-likeness (QED) is 0.597. The van der Waals surface area contributed by atoms with Crippen LogP contribution in [0.3, 0.4) is 0 Å². The van der Waals surface area contributed by atoms with Crippen molar-refractivity contribution in [2.24, 2.45) is 0 Å². The predicted molar refractivity (Wildman–Crippen MR) is 111 cm³/mol. The SMILES string of the molecule is Cl.Cl.Nc1c(Br)cc(Br)cc1[C@H](c1cccs1)N1CCNCC1. The first kappa shape index (κ1) is 21.2. The predicted octanol–water partition coefficient (Wildman–Crippen LogP) is 4.69. The van der Waals surface area contributed by atoms with Crippen molar-refractivity contribution in [1.29, 1.82) is 0 Å². The highest BCUT2D eigenvalue weighted by Crippen LogP contribution is 2.39. The minimum atomic E-state index is 0. The highest BCUT2D eigenvalue weighted by Gasteiger charge is 2.27. The molecule has 8 heteroatoms. The van der Waals surface area contributed by atoms with Crippen molar-refractivity contribution >= 4 is 73.7 Å². The van der Waals surface area contributed by atoms with Gasteiger partial charge in [0.05, 0.1) is 11.7 Å². The Kier molecular flexibility index (Phi) is 8.87. The van der Waals surface area contributed by atoms with Crippen LogP contribution in [0.5, 0.6) is 0 Å². The molecule has 1 aliphatic heterocycles. The van der Waals surface area contributed by atoms with Crippen molar-refractivity contribution in [3.8, 4) is 0 Å². The van der Waals surface area contributed by atoms with Gasteiger partial charge in [-0.3, -0.25) is 4.90 Å². The maximum atomic E-state index is 6.36. The number of hydrogen-bond donors (Lipinski definition) is 2. The van der Waals surface area contributed by atoms with Crippen LogP contribution in [0.25, 0.3) is 0 Å². The lowest BCUT2D eigenvalue weighted by Crippen LogP contribution is -2.45. The smallest absolute Gasteiger partial charge is 0.0717 e. The summed E-state index contributed by atoms with van der Waals surface area (Å²) in [5.74, 6) is 0. The van der Waals surface area contributed by atoms with Gasteiger partial charge >= 0.3 is 0 Å². The van der Waals surface area contributed by atoms with E-state index in [9.17, 15) is 0 Å². The van der Waals surface area contributed by atoms with Gasteiger partial charge in [-0.25, -0.2) is 0 Å². The monoisotopic (exact) mass is 501 g/mol. The van der Waals surface area contributed by atoms with Crippen molar-refractivity contribution in [2.75, 3.05) is 31.9 Å². The molecule has 23 heavy (non-hydrogen) atoms. The number of rotatable bonds is 3. The Balaban J connectivity index is 0.00000132. The number of nitrogens with zero attached hydrogens (tertiary/aromatic N) is 1. The summed E-state index contributed by atoms with van der Waals surface area (Å²) in [6, 6.07) is 8.68. The van der Waals surface area contributed by atoms with Crippen LogP contribution in [0.4, 0.5) is 5.69 Å². The van der Waals surface area contributed by atoms with E-state index in [1.807, 2.05) is 6.07 Å². The van der Waals surface area contributed by atoms with Gasteiger partial charge in [0.2, 0.25) is 0 Å². The summed E-state index contributed by atoms with van der Waals surface area (Å²) in [6.07, 6.45) is 0. The Morgan fingerprint density at radius 3 is 2.48 bits per heavy atom. The molecule has 1 atom stereocenters. The van der Waals surface area contributed by atoms with Gasteiger partial charge in [-0.05, 0) is 45.1 Å². The molecule has 0 bridgehead atoms. The van der Waals surface area contributed by atoms with E-state index in [1.165, 1.54) is 10.4 Å². The number of benzene rings is 1. The highest BCUT2D eigenvalue weighted by atomic mass is 79.9.